The van der Waals surface area contributed by atoms with Crippen LogP contribution < -0.4 is 0 Å². The van der Waals surface area contributed by atoms with E-state index >= 15 is 0 Å². The normalized spacial score (nSPS) is 15.4. The van der Waals surface area contributed by atoms with Crippen LogP contribution in [0.4, 0.5) is 0 Å². The first-order valence-electron chi connectivity index (χ1n) is 6.02. The van der Waals surface area contributed by atoms with Gasteiger partial charge >= 0.3 is 0 Å². The van der Waals surface area contributed by atoms with Gasteiger partial charge in [-0.15, -0.1) is 0 Å². The fourth-order valence-corrected chi connectivity index (χ4v) is 2.47. The third-order valence-electron chi connectivity index (χ3n) is 3.25. The van der Waals surface area contributed by atoms with Gasteiger partial charge in [0.2, 0.25) is 0 Å². The Balaban J connectivity index is 2.15. The zero-order chi connectivity index (χ0) is 12.3. The molecule has 17 heavy (non-hydrogen) atoms. The Hall–Kier alpha value is -0.900. The molecule has 0 unspecified atom stereocenters. The highest BCUT2D eigenvalue weighted by Crippen LogP contribution is 2.26. The predicted molar refractivity (Wildman–Crippen MR) is 71.4 cm³/mol. The van der Waals surface area contributed by atoms with Crippen molar-refractivity contribution in [2.45, 2.75) is 32.2 Å². The van der Waals surface area contributed by atoms with Crippen LogP contribution in [0.25, 0.3) is 0 Å². The molecule has 0 atom stereocenters. The standard InChI is InChI=1S/C13H17BrN2O/c1-10-9-11(5-7-15-10)13(17)16(8-6-14)12-3-2-4-12/h5,7,9,12H,2-4,6,8H2,1H3. The van der Waals surface area contributed by atoms with E-state index in [0.717, 1.165) is 36.0 Å². The number of nitrogens with zero attached hydrogens (tertiary/aromatic N) is 2. The Bertz CT molecular complexity index is 404. The summed E-state index contributed by atoms with van der Waals surface area (Å²) in [5, 5.41) is 0.833. The van der Waals surface area contributed by atoms with Gasteiger partial charge in [-0.1, -0.05) is 15.9 Å². The Kier molecular flexibility index (Phi) is 4.15. The van der Waals surface area contributed by atoms with Crippen molar-refractivity contribution in [2.75, 3.05) is 11.9 Å². The van der Waals surface area contributed by atoms with E-state index in [-0.39, 0.29) is 5.91 Å². The minimum atomic E-state index is 0.139. The highest BCUT2D eigenvalue weighted by Gasteiger charge is 2.28. The quantitative estimate of drug-likeness (QED) is 0.801. The van der Waals surface area contributed by atoms with Gasteiger partial charge in [0, 0.05) is 35.4 Å². The molecule has 0 aliphatic heterocycles. The molecule has 1 aromatic heterocycles. The van der Waals surface area contributed by atoms with Crippen molar-refractivity contribution in [3.63, 3.8) is 0 Å². The molecule has 92 valence electrons. The van der Waals surface area contributed by atoms with E-state index in [4.69, 9.17) is 0 Å². The third kappa shape index (κ3) is 2.86. The lowest BCUT2D eigenvalue weighted by molar-refractivity contribution is 0.0599. The number of hydrogen-bond acceptors (Lipinski definition) is 2. The number of hydrogen-bond donors (Lipinski definition) is 0. The van der Waals surface area contributed by atoms with Crippen LogP contribution in [0.3, 0.4) is 0 Å². The maximum absolute atomic E-state index is 12.4. The summed E-state index contributed by atoms with van der Waals surface area (Å²) < 4.78 is 0. The average Bonchev–Trinajstić information content (AvgIpc) is 2.25. The monoisotopic (exact) mass is 296 g/mol. The molecule has 0 N–H and O–H groups in total. The molecule has 4 heteroatoms. The van der Waals surface area contributed by atoms with Gasteiger partial charge in [0.05, 0.1) is 0 Å². The first-order chi connectivity index (χ1) is 8.22. The fraction of sp³-hybridized carbons (Fsp3) is 0.538. The molecule has 2 rings (SSSR count). The van der Waals surface area contributed by atoms with Crippen LogP contribution in [0, 0.1) is 6.92 Å². The molecule has 0 radical (unpaired) electrons. The number of aryl methyl sites for hydroxylation is 1. The molecular weight excluding hydrogens is 280 g/mol. The van der Waals surface area contributed by atoms with Crippen LogP contribution in [-0.2, 0) is 0 Å². The number of pyridine rings is 1. The number of rotatable bonds is 4. The lowest BCUT2D eigenvalue weighted by atomic mass is 9.91. The summed E-state index contributed by atoms with van der Waals surface area (Å²) in [6, 6.07) is 4.10. The van der Waals surface area contributed by atoms with Gasteiger partial charge in [-0.05, 0) is 38.3 Å². The zero-order valence-corrected chi connectivity index (χ0v) is 11.6. The van der Waals surface area contributed by atoms with Crippen LogP contribution in [-0.4, -0.2) is 33.7 Å². The lowest BCUT2D eigenvalue weighted by Gasteiger charge is -2.37. The number of aromatic nitrogens is 1. The van der Waals surface area contributed by atoms with Crippen molar-refractivity contribution in [3.05, 3.63) is 29.6 Å². The first kappa shape index (κ1) is 12.6. The van der Waals surface area contributed by atoms with Crippen molar-refractivity contribution in [1.29, 1.82) is 0 Å². The molecular formula is C13H17BrN2O. The summed E-state index contributed by atoms with van der Waals surface area (Å²) in [6.07, 6.45) is 5.23. The Labute approximate surface area is 110 Å². The fourth-order valence-electron chi connectivity index (χ4n) is 2.08. The number of alkyl halides is 1. The lowest BCUT2D eigenvalue weighted by Crippen LogP contribution is -2.45. The smallest absolute Gasteiger partial charge is 0.254 e. The van der Waals surface area contributed by atoms with E-state index in [1.54, 1.807) is 12.3 Å². The summed E-state index contributed by atoms with van der Waals surface area (Å²) in [6.45, 7) is 2.69. The summed E-state index contributed by atoms with van der Waals surface area (Å²) >= 11 is 3.42. The third-order valence-corrected chi connectivity index (χ3v) is 3.60. The van der Waals surface area contributed by atoms with E-state index < -0.39 is 0 Å². The molecule has 3 nitrogen and oxygen atoms in total. The second-order valence-corrected chi connectivity index (χ2v) is 5.25. The molecule has 1 saturated carbocycles. The minimum Gasteiger partial charge on any atom is -0.335 e. The van der Waals surface area contributed by atoms with Gasteiger partial charge in [0.25, 0.3) is 5.91 Å². The summed E-state index contributed by atoms with van der Waals surface area (Å²) in [7, 11) is 0. The second kappa shape index (κ2) is 5.63. The van der Waals surface area contributed by atoms with E-state index in [9.17, 15) is 4.79 Å². The molecule has 1 heterocycles. The molecule has 0 saturated heterocycles. The maximum Gasteiger partial charge on any atom is 0.254 e. The summed E-state index contributed by atoms with van der Waals surface area (Å²) in [5.41, 5.74) is 1.65. The molecule has 0 bridgehead atoms. The Morgan fingerprint density at radius 2 is 2.35 bits per heavy atom. The highest BCUT2D eigenvalue weighted by molar-refractivity contribution is 9.09. The van der Waals surface area contributed by atoms with E-state index in [1.807, 2.05) is 17.9 Å². The SMILES string of the molecule is Cc1cc(C(=O)N(CCBr)C2CCC2)ccn1. The Morgan fingerprint density at radius 3 is 2.88 bits per heavy atom. The van der Waals surface area contributed by atoms with Crippen LogP contribution in [0.15, 0.2) is 18.3 Å². The maximum atomic E-state index is 12.4. The number of amides is 1. The number of carbonyl (C=O) groups excluding carboxylic acids is 1. The van der Waals surface area contributed by atoms with Crippen molar-refractivity contribution in [3.8, 4) is 0 Å². The second-order valence-electron chi connectivity index (χ2n) is 4.46. The Morgan fingerprint density at radius 1 is 1.59 bits per heavy atom. The largest absolute Gasteiger partial charge is 0.335 e. The van der Waals surface area contributed by atoms with Gasteiger partial charge in [-0.3, -0.25) is 9.78 Å². The van der Waals surface area contributed by atoms with Gasteiger partial charge in [0.15, 0.2) is 0 Å². The molecule has 1 aliphatic carbocycles. The van der Waals surface area contributed by atoms with Crippen LogP contribution in [0.1, 0.15) is 35.3 Å². The van der Waals surface area contributed by atoms with E-state index in [1.165, 1.54) is 6.42 Å². The molecule has 1 amide bonds. The molecule has 1 fully saturated rings. The minimum absolute atomic E-state index is 0.139. The first-order valence-corrected chi connectivity index (χ1v) is 7.14. The van der Waals surface area contributed by atoms with Gasteiger partial charge in [-0.25, -0.2) is 0 Å². The van der Waals surface area contributed by atoms with Gasteiger partial charge in [0.1, 0.15) is 0 Å². The van der Waals surface area contributed by atoms with E-state index in [0.29, 0.717) is 6.04 Å². The van der Waals surface area contributed by atoms with Crippen molar-refractivity contribution >= 4 is 21.8 Å². The van der Waals surface area contributed by atoms with Crippen LogP contribution in [0.5, 0.6) is 0 Å². The van der Waals surface area contributed by atoms with Gasteiger partial charge < -0.3 is 4.90 Å². The van der Waals surface area contributed by atoms with Crippen molar-refractivity contribution in [2.24, 2.45) is 0 Å². The molecule has 0 spiro atoms. The highest BCUT2D eigenvalue weighted by atomic mass is 79.9. The van der Waals surface area contributed by atoms with E-state index in [2.05, 4.69) is 20.9 Å². The molecule has 1 aromatic rings. The van der Waals surface area contributed by atoms with Crippen LogP contribution in [0.2, 0.25) is 0 Å². The predicted octanol–water partition coefficient (Wildman–Crippen LogP) is 2.78. The number of halogens is 1. The van der Waals surface area contributed by atoms with Gasteiger partial charge in [-0.2, -0.15) is 0 Å². The summed E-state index contributed by atoms with van der Waals surface area (Å²) in [5.74, 6) is 0.139. The number of carbonyl (C=O) groups is 1. The molecule has 1 aliphatic rings. The topological polar surface area (TPSA) is 33.2 Å². The van der Waals surface area contributed by atoms with Crippen LogP contribution >= 0.6 is 15.9 Å². The van der Waals surface area contributed by atoms with Crippen molar-refractivity contribution < 1.29 is 4.79 Å². The van der Waals surface area contributed by atoms with Crippen molar-refractivity contribution in [1.82, 2.24) is 9.88 Å². The summed E-state index contributed by atoms with van der Waals surface area (Å²) in [4.78, 5) is 18.5. The molecule has 0 aromatic carbocycles. The zero-order valence-electron chi connectivity index (χ0n) is 10.0. The average molecular weight is 297 g/mol.